The molecule has 0 radical (unpaired) electrons. The number of ether oxygens (including phenoxy) is 1. The van der Waals surface area contributed by atoms with Crippen LogP contribution in [0.3, 0.4) is 0 Å². The van der Waals surface area contributed by atoms with Crippen molar-refractivity contribution in [2.75, 3.05) is 32.8 Å². The summed E-state index contributed by atoms with van der Waals surface area (Å²) in [5.74, 6) is 0. The van der Waals surface area contributed by atoms with E-state index in [-0.39, 0.29) is 12.1 Å². The van der Waals surface area contributed by atoms with E-state index < -0.39 is 0 Å². The molecule has 2 aliphatic rings. The van der Waals surface area contributed by atoms with E-state index in [1.54, 1.807) is 0 Å². The van der Waals surface area contributed by atoms with E-state index in [2.05, 4.69) is 29.2 Å². The predicted octanol–water partition coefficient (Wildman–Crippen LogP) is 1.30. The number of hydrogen-bond donors (Lipinski definition) is 1. The molecule has 7 heteroatoms. The van der Waals surface area contributed by atoms with Crippen LogP contribution in [-0.4, -0.2) is 70.5 Å². The Labute approximate surface area is 143 Å². The van der Waals surface area contributed by atoms with Crippen molar-refractivity contribution in [3.05, 3.63) is 18.0 Å². The summed E-state index contributed by atoms with van der Waals surface area (Å²) in [4.78, 5) is 17.0. The van der Waals surface area contributed by atoms with E-state index >= 15 is 0 Å². The van der Waals surface area contributed by atoms with Crippen molar-refractivity contribution in [2.24, 2.45) is 0 Å². The van der Waals surface area contributed by atoms with Gasteiger partial charge in [0.2, 0.25) is 0 Å². The van der Waals surface area contributed by atoms with Crippen molar-refractivity contribution < 1.29 is 9.53 Å². The lowest BCUT2D eigenvalue weighted by Gasteiger charge is -2.44. The van der Waals surface area contributed by atoms with E-state index in [1.165, 1.54) is 0 Å². The van der Waals surface area contributed by atoms with Crippen LogP contribution in [0.15, 0.2) is 12.4 Å². The Morgan fingerprint density at radius 2 is 2.17 bits per heavy atom. The number of nitrogens with one attached hydrogen (secondary N) is 1. The second kappa shape index (κ2) is 7.98. The summed E-state index contributed by atoms with van der Waals surface area (Å²) in [6.07, 6.45) is 6.02. The minimum Gasteiger partial charge on any atom is -0.381 e. The molecule has 2 aliphatic heterocycles. The average molecular weight is 335 g/mol. The van der Waals surface area contributed by atoms with Crippen LogP contribution in [0.2, 0.25) is 0 Å². The molecule has 3 heterocycles. The average Bonchev–Trinajstić information content (AvgIpc) is 3.08. The summed E-state index contributed by atoms with van der Waals surface area (Å²) in [5, 5.41) is 7.26. The number of aromatic nitrogens is 2. The lowest BCUT2D eigenvalue weighted by molar-refractivity contribution is 0.00699. The first-order valence-electron chi connectivity index (χ1n) is 9.05. The molecule has 0 spiro atoms. The molecule has 0 bridgehead atoms. The highest BCUT2D eigenvalue weighted by Crippen LogP contribution is 2.19. The summed E-state index contributed by atoms with van der Waals surface area (Å²) < 4.78 is 7.32. The highest BCUT2D eigenvalue weighted by atomic mass is 16.5. The first kappa shape index (κ1) is 17.2. The third-order valence-corrected chi connectivity index (χ3v) is 5.08. The smallest absolute Gasteiger partial charge is 0.317 e. The monoisotopic (exact) mass is 335 g/mol. The molecule has 2 amide bonds. The summed E-state index contributed by atoms with van der Waals surface area (Å²) >= 11 is 0. The van der Waals surface area contributed by atoms with Crippen molar-refractivity contribution >= 4 is 6.03 Å². The standard InChI is InChI=1S/C17H29N5O2/c1-3-21-13-15(11-19-21)10-18-17(23)22-7-6-20(12-14(22)2)16-4-8-24-9-5-16/h11,13-14,16H,3-10,12H2,1-2H3,(H,18,23)/t14-/m1/s1. The summed E-state index contributed by atoms with van der Waals surface area (Å²) in [5.41, 5.74) is 1.04. The fourth-order valence-corrected chi connectivity index (χ4v) is 3.62. The van der Waals surface area contributed by atoms with Crippen LogP contribution in [0, 0.1) is 0 Å². The van der Waals surface area contributed by atoms with Crippen LogP contribution in [0.4, 0.5) is 4.79 Å². The summed E-state index contributed by atoms with van der Waals surface area (Å²) in [7, 11) is 0. The van der Waals surface area contributed by atoms with Crippen LogP contribution in [0.25, 0.3) is 0 Å². The molecule has 2 saturated heterocycles. The highest BCUT2D eigenvalue weighted by molar-refractivity contribution is 5.74. The van der Waals surface area contributed by atoms with E-state index in [1.807, 2.05) is 22.0 Å². The molecule has 0 saturated carbocycles. The van der Waals surface area contributed by atoms with E-state index in [0.29, 0.717) is 12.6 Å². The van der Waals surface area contributed by atoms with Crippen molar-refractivity contribution in [3.8, 4) is 0 Å². The van der Waals surface area contributed by atoms with Crippen LogP contribution < -0.4 is 5.32 Å². The Hall–Kier alpha value is -1.60. The molecule has 2 fully saturated rings. The molecule has 0 unspecified atom stereocenters. The maximum absolute atomic E-state index is 12.5. The van der Waals surface area contributed by atoms with Gasteiger partial charge in [-0.05, 0) is 26.7 Å². The molecule has 3 rings (SSSR count). The Morgan fingerprint density at radius 3 is 2.83 bits per heavy atom. The van der Waals surface area contributed by atoms with E-state index in [4.69, 9.17) is 4.74 Å². The predicted molar refractivity (Wildman–Crippen MR) is 91.7 cm³/mol. The molecule has 134 valence electrons. The fourth-order valence-electron chi connectivity index (χ4n) is 3.62. The molecule has 1 N–H and O–H groups in total. The van der Waals surface area contributed by atoms with Gasteiger partial charge >= 0.3 is 6.03 Å². The van der Waals surface area contributed by atoms with Crippen LogP contribution in [0.5, 0.6) is 0 Å². The van der Waals surface area contributed by atoms with Gasteiger partial charge in [0, 0.05) is 69.8 Å². The number of aryl methyl sites for hydroxylation is 1. The molecule has 1 atom stereocenters. The molecular weight excluding hydrogens is 306 g/mol. The van der Waals surface area contributed by atoms with Gasteiger partial charge in [0.25, 0.3) is 0 Å². The Morgan fingerprint density at radius 1 is 1.38 bits per heavy atom. The quantitative estimate of drug-likeness (QED) is 0.901. The van der Waals surface area contributed by atoms with E-state index in [0.717, 1.165) is 57.8 Å². The van der Waals surface area contributed by atoms with Crippen LogP contribution in [-0.2, 0) is 17.8 Å². The lowest BCUT2D eigenvalue weighted by Crippen LogP contribution is -2.58. The second-order valence-corrected chi connectivity index (χ2v) is 6.74. The zero-order valence-electron chi connectivity index (χ0n) is 14.8. The molecule has 0 aromatic carbocycles. The maximum atomic E-state index is 12.5. The van der Waals surface area contributed by atoms with Crippen LogP contribution in [0.1, 0.15) is 32.3 Å². The third kappa shape index (κ3) is 4.08. The molecule has 1 aromatic rings. The largest absolute Gasteiger partial charge is 0.381 e. The normalized spacial score (nSPS) is 23.4. The Balaban J connectivity index is 1.47. The number of urea groups is 1. The van der Waals surface area contributed by atoms with Gasteiger partial charge in [-0.1, -0.05) is 0 Å². The zero-order chi connectivity index (χ0) is 16.9. The fraction of sp³-hybridized carbons (Fsp3) is 0.765. The van der Waals surface area contributed by atoms with Gasteiger partial charge in [-0.2, -0.15) is 5.10 Å². The number of carbonyl (C=O) groups is 1. The minimum absolute atomic E-state index is 0.0263. The minimum atomic E-state index is 0.0263. The number of rotatable bonds is 4. The zero-order valence-corrected chi connectivity index (χ0v) is 14.8. The van der Waals surface area contributed by atoms with Crippen molar-refractivity contribution in [2.45, 2.75) is 51.9 Å². The van der Waals surface area contributed by atoms with Gasteiger partial charge in [0.05, 0.1) is 6.20 Å². The second-order valence-electron chi connectivity index (χ2n) is 6.74. The summed E-state index contributed by atoms with van der Waals surface area (Å²) in [6, 6.07) is 0.879. The topological polar surface area (TPSA) is 62.6 Å². The van der Waals surface area contributed by atoms with Gasteiger partial charge in [-0.25, -0.2) is 4.79 Å². The van der Waals surface area contributed by atoms with Crippen molar-refractivity contribution in [1.82, 2.24) is 24.9 Å². The first-order valence-corrected chi connectivity index (χ1v) is 9.05. The van der Waals surface area contributed by atoms with Gasteiger partial charge < -0.3 is 15.0 Å². The van der Waals surface area contributed by atoms with Gasteiger partial charge in [-0.15, -0.1) is 0 Å². The number of piperazine rings is 1. The first-order chi connectivity index (χ1) is 11.7. The van der Waals surface area contributed by atoms with Gasteiger partial charge in [0.15, 0.2) is 0 Å². The number of nitrogens with zero attached hydrogens (tertiary/aromatic N) is 4. The maximum Gasteiger partial charge on any atom is 0.317 e. The van der Waals surface area contributed by atoms with Crippen molar-refractivity contribution in [3.63, 3.8) is 0 Å². The number of carbonyl (C=O) groups excluding carboxylic acids is 1. The van der Waals surface area contributed by atoms with E-state index in [9.17, 15) is 4.79 Å². The number of amides is 2. The van der Waals surface area contributed by atoms with Crippen LogP contribution >= 0.6 is 0 Å². The number of hydrogen-bond acceptors (Lipinski definition) is 4. The molecule has 7 nitrogen and oxygen atoms in total. The SMILES string of the molecule is CCn1cc(CNC(=O)N2CCN(C3CCOCC3)C[C@H]2C)cn1. The van der Waals surface area contributed by atoms with Gasteiger partial charge in [-0.3, -0.25) is 9.58 Å². The Kier molecular flexibility index (Phi) is 5.73. The highest BCUT2D eigenvalue weighted by Gasteiger charge is 2.31. The summed E-state index contributed by atoms with van der Waals surface area (Å²) in [6.45, 7) is 10.00. The molecule has 0 aliphatic carbocycles. The molecule has 24 heavy (non-hydrogen) atoms. The Bertz CT molecular complexity index is 541. The lowest BCUT2D eigenvalue weighted by atomic mass is 10.0. The molecular formula is C17H29N5O2. The third-order valence-electron chi connectivity index (χ3n) is 5.08. The van der Waals surface area contributed by atoms with Crippen molar-refractivity contribution in [1.29, 1.82) is 0 Å². The molecule has 1 aromatic heterocycles. The van der Waals surface area contributed by atoms with Gasteiger partial charge in [0.1, 0.15) is 0 Å².